The fourth-order valence-corrected chi connectivity index (χ4v) is 3.23. The van der Waals surface area contributed by atoms with Crippen molar-refractivity contribution in [3.63, 3.8) is 0 Å². The average molecular weight is 401 g/mol. The van der Waals surface area contributed by atoms with Crippen LogP contribution in [0, 0.1) is 0 Å². The summed E-state index contributed by atoms with van der Waals surface area (Å²) in [5, 5.41) is 8.49. The highest BCUT2D eigenvalue weighted by Gasteiger charge is 2.30. The Bertz CT molecular complexity index is 961. The number of anilines is 1. The first kappa shape index (κ1) is 19.0. The van der Waals surface area contributed by atoms with E-state index in [-0.39, 0.29) is 11.5 Å². The van der Waals surface area contributed by atoms with Crippen LogP contribution >= 0.6 is 0 Å². The second-order valence-electron chi connectivity index (χ2n) is 6.69. The highest BCUT2D eigenvalue weighted by molar-refractivity contribution is 5.94. The lowest BCUT2D eigenvalue weighted by Gasteiger charge is -2.35. The molecule has 1 saturated heterocycles. The number of hydrogen-bond donors (Lipinski definition) is 0. The maximum Gasteiger partial charge on any atom is 0.416 e. The van der Waals surface area contributed by atoms with Gasteiger partial charge in [0.2, 0.25) is 0 Å². The summed E-state index contributed by atoms with van der Waals surface area (Å²) in [7, 11) is 0. The third-order valence-electron chi connectivity index (χ3n) is 4.86. The lowest BCUT2D eigenvalue weighted by atomic mass is 10.1. The lowest BCUT2D eigenvalue weighted by Crippen LogP contribution is -2.49. The van der Waals surface area contributed by atoms with Gasteiger partial charge in [0.05, 0.1) is 5.56 Å². The van der Waals surface area contributed by atoms with Gasteiger partial charge in [-0.15, -0.1) is 10.2 Å². The van der Waals surface area contributed by atoms with Gasteiger partial charge in [-0.3, -0.25) is 4.79 Å². The van der Waals surface area contributed by atoms with Gasteiger partial charge in [0.1, 0.15) is 0 Å². The first-order valence-corrected chi connectivity index (χ1v) is 9.10. The Morgan fingerprint density at radius 2 is 1.41 bits per heavy atom. The van der Waals surface area contributed by atoms with E-state index >= 15 is 0 Å². The van der Waals surface area contributed by atoms with Crippen LogP contribution in [-0.4, -0.2) is 51.8 Å². The number of hydrogen-bond acceptors (Lipinski definition) is 4. The Kier molecular flexibility index (Phi) is 4.96. The molecule has 29 heavy (non-hydrogen) atoms. The van der Waals surface area contributed by atoms with E-state index in [2.05, 4.69) is 10.2 Å². The zero-order valence-electron chi connectivity index (χ0n) is 15.4. The number of amides is 1. The Morgan fingerprint density at radius 1 is 0.828 bits per heavy atom. The molecule has 0 N–H and O–H groups in total. The zero-order chi connectivity index (χ0) is 20.4. The van der Waals surface area contributed by atoms with E-state index in [0.717, 1.165) is 23.8 Å². The molecule has 0 radical (unpaired) electrons. The van der Waals surface area contributed by atoms with Crippen LogP contribution in [0.1, 0.15) is 15.9 Å². The molecule has 1 fully saturated rings. The Labute approximate surface area is 165 Å². The molecule has 0 unspecified atom stereocenters. The first-order chi connectivity index (χ1) is 13.9. The fraction of sp³-hybridized carbons (Fsp3) is 0.250. The number of piperazine rings is 1. The molecule has 1 aliphatic rings. The third kappa shape index (κ3) is 4.08. The highest BCUT2D eigenvalue weighted by Crippen LogP contribution is 2.29. The van der Waals surface area contributed by atoms with Crippen LogP contribution in [0.2, 0.25) is 0 Å². The van der Waals surface area contributed by atoms with Gasteiger partial charge in [0, 0.05) is 44.1 Å². The molecule has 0 bridgehead atoms. The maximum atomic E-state index is 12.7. The second-order valence-corrected chi connectivity index (χ2v) is 6.69. The lowest BCUT2D eigenvalue weighted by molar-refractivity contribution is -0.137. The van der Waals surface area contributed by atoms with Gasteiger partial charge >= 0.3 is 6.18 Å². The molecule has 1 aliphatic heterocycles. The molecule has 0 aliphatic carbocycles. The molecule has 0 saturated carbocycles. The third-order valence-corrected chi connectivity index (χ3v) is 4.86. The van der Waals surface area contributed by atoms with Gasteiger partial charge in [-0.2, -0.15) is 13.2 Å². The predicted octanol–water partition coefficient (Wildman–Crippen LogP) is 3.25. The molecule has 4 rings (SSSR count). The van der Waals surface area contributed by atoms with Crippen LogP contribution in [0.5, 0.6) is 0 Å². The molecule has 3 aromatic rings. The fourth-order valence-electron chi connectivity index (χ4n) is 3.23. The molecule has 3 heterocycles. The molecular weight excluding hydrogens is 383 g/mol. The van der Waals surface area contributed by atoms with E-state index in [9.17, 15) is 18.0 Å². The van der Waals surface area contributed by atoms with E-state index in [1.807, 2.05) is 46.1 Å². The quantitative estimate of drug-likeness (QED) is 0.676. The number of benzene rings is 1. The van der Waals surface area contributed by atoms with E-state index < -0.39 is 11.7 Å². The van der Waals surface area contributed by atoms with Crippen molar-refractivity contribution in [3.8, 4) is 5.82 Å². The number of aromatic nitrogens is 3. The number of rotatable bonds is 3. The number of nitrogens with zero attached hydrogens (tertiary/aromatic N) is 5. The van der Waals surface area contributed by atoms with Crippen molar-refractivity contribution in [2.24, 2.45) is 0 Å². The summed E-state index contributed by atoms with van der Waals surface area (Å²) in [6.07, 6.45) is -0.643. The monoisotopic (exact) mass is 401 g/mol. The summed E-state index contributed by atoms with van der Waals surface area (Å²) in [5.41, 5.74) is -0.511. The van der Waals surface area contributed by atoms with Gasteiger partial charge in [0.15, 0.2) is 11.6 Å². The Balaban J connectivity index is 1.37. The average Bonchev–Trinajstić information content (AvgIpc) is 3.28. The molecule has 1 aromatic carbocycles. The van der Waals surface area contributed by atoms with Crippen molar-refractivity contribution in [1.82, 2.24) is 19.7 Å². The van der Waals surface area contributed by atoms with Gasteiger partial charge < -0.3 is 14.4 Å². The summed E-state index contributed by atoms with van der Waals surface area (Å²) in [5.74, 6) is 1.17. The number of halogens is 3. The van der Waals surface area contributed by atoms with Gasteiger partial charge in [0.25, 0.3) is 5.91 Å². The topological polar surface area (TPSA) is 54.3 Å². The van der Waals surface area contributed by atoms with Crippen molar-refractivity contribution in [2.45, 2.75) is 6.18 Å². The molecular formula is C20H18F3N5O. The minimum atomic E-state index is -4.41. The summed E-state index contributed by atoms with van der Waals surface area (Å²) >= 11 is 0. The van der Waals surface area contributed by atoms with Crippen LogP contribution in [0.4, 0.5) is 19.0 Å². The van der Waals surface area contributed by atoms with Crippen LogP contribution in [-0.2, 0) is 6.18 Å². The largest absolute Gasteiger partial charge is 0.416 e. The molecule has 150 valence electrons. The van der Waals surface area contributed by atoms with Crippen LogP contribution in [0.25, 0.3) is 5.82 Å². The summed E-state index contributed by atoms with van der Waals surface area (Å²) in [6, 6.07) is 11.9. The first-order valence-electron chi connectivity index (χ1n) is 9.10. The minimum Gasteiger partial charge on any atom is -0.352 e. The summed E-state index contributed by atoms with van der Waals surface area (Å²) < 4.78 is 39.9. The number of alkyl halides is 3. The standard InChI is InChI=1S/C20H18F3N5O/c21-20(22,23)16-5-3-15(4-6-16)19(29)28-13-11-27(12-14-28)18-8-7-17(24-25-18)26-9-1-2-10-26/h1-10H,11-14H2. The number of carbonyl (C=O) groups is 1. The van der Waals surface area contributed by atoms with Crippen LogP contribution in [0.15, 0.2) is 60.9 Å². The molecule has 9 heteroatoms. The summed E-state index contributed by atoms with van der Waals surface area (Å²) in [6.45, 7) is 2.07. The molecule has 6 nitrogen and oxygen atoms in total. The molecule has 1 amide bonds. The SMILES string of the molecule is O=C(c1ccc(C(F)(F)F)cc1)N1CCN(c2ccc(-n3cccc3)nn2)CC1. The van der Waals surface area contributed by atoms with Crippen LogP contribution in [0.3, 0.4) is 0 Å². The minimum absolute atomic E-state index is 0.252. The van der Waals surface area contributed by atoms with E-state index in [4.69, 9.17) is 0 Å². The maximum absolute atomic E-state index is 12.7. The highest BCUT2D eigenvalue weighted by atomic mass is 19.4. The molecule has 0 atom stereocenters. The second kappa shape index (κ2) is 7.57. The molecule has 0 spiro atoms. The van der Waals surface area contributed by atoms with Crippen molar-refractivity contribution in [2.75, 3.05) is 31.1 Å². The molecule has 2 aromatic heterocycles. The van der Waals surface area contributed by atoms with Gasteiger partial charge in [-0.1, -0.05) is 0 Å². The van der Waals surface area contributed by atoms with E-state index in [1.165, 1.54) is 12.1 Å². The zero-order valence-corrected chi connectivity index (χ0v) is 15.4. The van der Waals surface area contributed by atoms with Crippen molar-refractivity contribution >= 4 is 11.7 Å². The number of carbonyl (C=O) groups excluding carboxylic acids is 1. The normalized spacial score (nSPS) is 14.9. The Morgan fingerprint density at radius 3 is 1.97 bits per heavy atom. The predicted molar refractivity (Wildman–Crippen MR) is 101 cm³/mol. The van der Waals surface area contributed by atoms with Crippen molar-refractivity contribution in [3.05, 3.63) is 72.1 Å². The summed E-state index contributed by atoms with van der Waals surface area (Å²) in [4.78, 5) is 16.2. The van der Waals surface area contributed by atoms with Crippen molar-refractivity contribution < 1.29 is 18.0 Å². The van der Waals surface area contributed by atoms with Crippen molar-refractivity contribution in [1.29, 1.82) is 0 Å². The van der Waals surface area contributed by atoms with Crippen LogP contribution < -0.4 is 4.90 Å². The van der Waals surface area contributed by atoms with Gasteiger partial charge in [-0.05, 0) is 48.5 Å². The van der Waals surface area contributed by atoms with E-state index in [1.54, 1.807) is 4.90 Å². The van der Waals surface area contributed by atoms with E-state index in [0.29, 0.717) is 26.2 Å². The van der Waals surface area contributed by atoms with Gasteiger partial charge in [-0.25, -0.2) is 0 Å². The smallest absolute Gasteiger partial charge is 0.352 e. The Hall–Kier alpha value is -3.36.